The molecule has 1 aromatic rings. The van der Waals surface area contributed by atoms with Crippen molar-refractivity contribution in [2.24, 2.45) is 5.73 Å². The first-order chi connectivity index (χ1) is 8.56. The minimum Gasteiger partial charge on any atom is -0.327 e. The van der Waals surface area contributed by atoms with Crippen molar-refractivity contribution >= 4 is 15.9 Å². The normalized spacial score (nSPS) is 12.7. The van der Waals surface area contributed by atoms with Gasteiger partial charge in [0.05, 0.1) is 4.47 Å². The Morgan fingerprint density at radius 2 is 1.94 bits per heavy atom. The van der Waals surface area contributed by atoms with Crippen LogP contribution in [-0.2, 0) is 6.42 Å². The first-order valence-electron chi connectivity index (χ1n) is 6.44. The average molecular weight is 320 g/mol. The van der Waals surface area contributed by atoms with Crippen molar-refractivity contribution in [1.82, 2.24) is 0 Å². The van der Waals surface area contributed by atoms with Gasteiger partial charge in [0.15, 0.2) is 0 Å². The van der Waals surface area contributed by atoms with Gasteiger partial charge in [0.25, 0.3) is 0 Å². The molecule has 1 atom stereocenters. The second-order valence-electron chi connectivity index (χ2n) is 4.64. The molecule has 1 rings (SSSR count). The van der Waals surface area contributed by atoms with Crippen molar-refractivity contribution in [3.05, 3.63) is 33.8 Å². The Morgan fingerprint density at radius 3 is 2.61 bits per heavy atom. The van der Waals surface area contributed by atoms with Gasteiger partial charge in [0.2, 0.25) is 0 Å². The van der Waals surface area contributed by atoms with Gasteiger partial charge in [-0.3, -0.25) is 0 Å². The van der Waals surface area contributed by atoms with Gasteiger partial charge in [-0.15, -0.1) is 0 Å². The molecule has 0 heterocycles. The molecule has 0 saturated carbocycles. The summed E-state index contributed by atoms with van der Waals surface area (Å²) in [5.74, 6) is -1.04. The minimum atomic E-state index is -0.529. The van der Waals surface area contributed by atoms with Crippen molar-refractivity contribution in [3.8, 4) is 0 Å². The summed E-state index contributed by atoms with van der Waals surface area (Å²) in [6.07, 6.45) is 5.57. The maximum Gasteiger partial charge on any atom is 0.143 e. The molecule has 0 spiro atoms. The van der Waals surface area contributed by atoms with E-state index in [1.165, 1.54) is 25.0 Å². The zero-order valence-electron chi connectivity index (χ0n) is 10.7. The van der Waals surface area contributed by atoms with E-state index in [1.807, 2.05) is 0 Å². The lowest BCUT2D eigenvalue weighted by Gasteiger charge is -2.13. The molecule has 102 valence electrons. The summed E-state index contributed by atoms with van der Waals surface area (Å²) in [4.78, 5) is 0. The van der Waals surface area contributed by atoms with Crippen LogP contribution < -0.4 is 5.73 Å². The third-order valence-corrected chi connectivity index (χ3v) is 3.65. The van der Waals surface area contributed by atoms with E-state index >= 15 is 0 Å². The predicted molar refractivity (Wildman–Crippen MR) is 74.5 cm³/mol. The van der Waals surface area contributed by atoms with Crippen LogP contribution in [0.2, 0.25) is 0 Å². The Balaban J connectivity index is 2.54. The first-order valence-corrected chi connectivity index (χ1v) is 7.23. The van der Waals surface area contributed by atoms with Crippen LogP contribution in [0.25, 0.3) is 0 Å². The molecule has 18 heavy (non-hydrogen) atoms. The molecule has 1 aromatic carbocycles. The topological polar surface area (TPSA) is 26.0 Å². The van der Waals surface area contributed by atoms with Crippen LogP contribution in [0.15, 0.2) is 16.6 Å². The van der Waals surface area contributed by atoms with E-state index in [9.17, 15) is 8.78 Å². The summed E-state index contributed by atoms with van der Waals surface area (Å²) in [7, 11) is 0. The fourth-order valence-corrected chi connectivity index (χ4v) is 2.33. The van der Waals surface area contributed by atoms with Crippen LogP contribution in [0.1, 0.15) is 44.6 Å². The number of hydrogen-bond acceptors (Lipinski definition) is 1. The maximum absolute atomic E-state index is 13.7. The summed E-state index contributed by atoms with van der Waals surface area (Å²) in [5.41, 5.74) is 6.02. The lowest BCUT2D eigenvalue weighted by atomic mass is 10.00. The van der Waals surface area contributed by atoms with Gasteiger partial charge < -0.3 is 5.73 Å². The molecule has 2 N–H and O–H groups in total. The zero-order chi connectivity index (χ0) is 13.5. The van der Waals surface area contributed by atoms with Crippen molar-refractivity contribution in [1.29, 1.82) is 0 Å². The molecule has 0 aliphatic rings. The van der Waals surface area contributed by atoms with Gasteiger partial charge in [0.1, 0.15) is 11.6 Å². The fraction of sp³-hybridized carbons (Fsp3) is 0.571. The van der Waals surface area contributed by atoms with E-state index in [-0.39, 0.29) is 22.5 Å². The Morgan fingerprint density at radius 1 is 1.22 bits per heavy atom. The second-order valence-corrected chi connectivity index (χ2v) is 5.49. The second kappa shape index (κ2) is 7.85. The van der Waals surface area contributed by atoms with Crippen molar-refractivity contribution in [2.45, 2.75) is 51.5 Å². The van der Waals surface area contributed by atoms with Crippen LogP contribution in [0, 0.1) is 11.6 Å². The van der Waals surface area contributed by atoms with E-state index < -0.39 is 11.6 Å². The number of rotatable bonds is 7. The predicted octanol–water partition coefficient (Wildman–Crippen LogP) is 4.57. The summed E-state index contributed by atoms with van der Waals surface area (Å²) >= 11 is 3.06. The van der Waals surface area contributed by atoms with Gasteiger partial charge in [-0.2, -0.15) is 0 Å². The fourth-order valence-electron chi connectivity index (χ4n) is 1.95. The quantitative estimate of drug-likeness (QED) is 0.578. The molecule has 0 aromatic heterocycles. The summed E-state index contributed by atoms with van der Waals surface area (Å²) in [6, 6.07) is 2.47. The van der Waals surface area contributed by atoms with Gasteiger partial charge >= 0.3 is 0 Å². The summed E-state index contributed by atoms with van der Waals surface area (Å²) < 4.78 is 27.5. The Bertz CT molecular complexity index is 382. The molecule has 0 amide bonds. The van der Waals surface area contributed by atoms with Crippen LogP contribution in [0.3, 0.4) is 0 Å². The van der Waals surface area contributed by atoms with E-state index in [4.69, 9.17) is 5.73 Å². The standard InChI is InChI=1S/C14H20BrF2N/c1-2-3-4-5-6-10(18)9-11-13(16)8-7-12(15)14(11)17/h7-8,10H,2-6,9,18H2,1H3. The maximum atomic E-state index is 13.7. The summed E-state index contributed by atoms with van der Waals surface area (Å²) in [6.45, 7) is 2.15. The highest BCUT2D eigenvalue weighted by Crippen LogP contribution is 2.23. The SMILES string of the molecule is CCCCCCC(N)Cc1c(F)ccc(Br)c1F. The largest absolute Gasteiger partial charge is 0.327 e. The number of halogens is 3. The van der Waals surface area contributed by atoms with E-state index in [0.29, 0.717) is 0 Å². The monoisotopic (exact) mass is 319 g/mol. The molecule has 1 nitrogen and oxygen atoms in total. The van der Waals surface area contributed by atoms with Crippen molar-refractivity contribution in [2.75, 3.05) is 0 Å². The molecule has 4 heteroatoms. The molecular formula is C14H20BrF2N. The molecule has 0 saturated heterocycles. The van der Waals surface area contributed by atoms with Gasteiger partial charge in [-0.25, -0.2) is 8.78 Å². The highest BCUT2D eigenvalue weighted by molar-refractivity contribution is 9.10. The van der Waals surface area contributed by atoms with E-state index in [2.05, 4.69) is 22.9 Å². The van der Waals surface area contributed by atoms with Crippen LogP contribution >= 0.6 is 15.9 Å². The lowest BCUT2D eigenvalue weighted by molar-refractivity contribution is 0.503. The highest BCUT2D eigenvalue weighted by atomic mass is 79.9. The Kier molecular flexibility index (Phi) is 6.79. The number of unbranched alkanes of at least 4 members (excludes halogenated alkanes) is 3. The summed E-state index contributed by atoms with van der Waals surface area (Å²) in [5, 5.41) is 0. The van der Waals surface area contributed by atoms with Gasteiger partial charge in [0, 0.05) is 11.6 Å². The van der Waals surface area contributed by atoms with E-state index in [1.54, 1.807) is 0 Å². The smallest absolute Gasteiger partial charge is 0.143 e. The van der Waals surface area contributed by atoms with E-state index in [0.717, 1.165) is 19.3 Å². The molecule has 1 unspecified atom stereocenters. The number of nitrogens with two attached hydrogens (primary N) is 1. The number of hydrogen-bond donors (Lipinski definition) is 1. The van der Waals surface area contributed by atoms with Crippen LogP contribution in [-0.4, -0.2) is 6.04 Å². The van der Waals surface area contributed by atoms with Gasteiger partial charge in [-0.1, -0.05) is 32.6 Å². The lowest BCUT2D eigenvalue weighted by Crippen LogP contribution is -2.24. The molecule has 0 fully saturated rings. The molecule has 0 bridgehead atoms. The Hall–Kier alpha value is -0.480. The highest BCUT2D eigenvalue weighted by Gasteiger charge is 2.15. The average Bonchev–Trinajstić information content (AvgIpc) is 2.35. The van der Waals surface area contributed by atoms with Crippen molar-refractivity contribution < 1.29 is 8.78 Å². The zero-order valence-corrected chi connectivity index (χ0v) is 12.3. The first kappa shape index (κ1) is 15.6. The van der Waals surface area contributed by atoms with Crippen LogP contribution in [0.4, 0.5) is 8.78 Å². The molecular weight excluding hydrogens is 300 g/mol. The third kappa shape index (κ3) is 4.65. The Labute approximate surface area is 116 Å². The minimum absolute atomic E-state index is 0.0902. The van der Waals surface area contributed by atoms with Gasteiger partial charge in [-0.05, 0) is 40.9 Å². The molecule has 0 aliphatic carbocycles. The molecule has 0 radical (unpaired) electrons. The number of benzene rings is 1. The third-order valence-electron chi connectivity index (χ3n) is 3.03. The van der Waals surface area contributed by atoms with Crippen molar-refractivity contribution in [3.63, 3.8) is 0 Å². The molecule has 0 aliphatic heterocycles. The van der Waals surface area contributed by atoms with Crippen LogP contribution in [0.5, 0.6) is 0 Å².